The molecule has 0 spiro atoms. The number of hydrogen-bond donors (Lipinski definition) is 1. The van der Waals surface area contributed by atoms with Crippen LogP contribution in [0.25, 0.3) is 0 Å². The Hall–Kier alpha value is -0.830. The zero-order chi connectivity index (χ0) is 15.5. The molecule has 4 nitrogen and oxygen atoms in total. The molecule has 0 bridgehead atoms. The maximum Gasteiger partial charge on any atom is 0.325 e. The summed E-state index contributed by atoms with van der Waals surface area (Å²) >= 11 is 0. The summed E-state index contributed by atoms with van der Waals surface area (Å²) in [5, 5.41) is 0. The Bertz CT molecular complexity index is 498. The number of rotatable bonds is 5. The second-order valence-electron chi connectivity index (χ2n) is 6.07. The van der Waals surface area contributed by atoms with Gasteiger partial charge in [0.05, 0.1) is 6.61 Å². The highest BCUT2D eigenvalue weighted by atomic mass is 31.2. The lowest BCUT2D eigenvalue weighted by atomic mass is 9.84. The number of nitrogens with zero attached hydrogens (tertiary/aromatic N) is 1. The van der Waals surface area contributed by atoms with Crippen LogP contribution in [-0.4, -0.2) is 29.6 Å². The molecule has 5 heteroatoms. The van der Waals surface area contributed by atoms with Gasteiger partial charge in [0.1, 0.15) is 0 Å². The summed E-state index contributed by atoms with van der Waals surface area (Å²) in [6, 6.07) is 0. The third kappa shape index (κ3) is 4.84. The molecular weight excluding hydrogens is 285 g/mol. The fourth-order valence-electron chi connectivity index (χ4n) is 3.17. The predicted octanol–water partition coefficient (Wildman–Crippen LogP) is 4.06. The van der Waals surface area contributed by atoms with Crippen LogP contribution in [0.1, 0.15) is 39.0 Å². The molecule has 1 fully saturated rings. The summed E-state index contributed by atoms with van der Waals surface area (Å²) in [4.78, 5) is 11.4. The maximum atomic E-state index is 11.2. The standard InChI is InChI=1S/C16H26NO3P/c1-13-11-14(2)17(9-10-20-21(3,18)19)16(12-13)15-7-5-4-6-8-15/h11-12,15H,2,4-10H2,1,3H3,(H,18,19). The Balaban J connectivity index is 2.07. The van der Waals surface area contributed by atoms with E-state index in [9.17, 15) is 9.46 Å². The van der Waals surface area contributed by atoms with Gasteiger partial charge in [0.15, 0.2) is 0 Å². The van der Waals surface area contributed by atoms with Crippen molar-refractivity contribution in [2.24, 2.45) is 5.92 Å². The van der Waals surface area contributed by atoms with Crippen molar-refractivity contribution in [3.8, 4) is 0 Å². The van der Waals surface area contributed by atoms with E-state index in [2.05, 4.69) is 30.6 Å². The Morgan fingerprint density at radius 3 is 2.67 bits per heavy atom. The van der Waals surface area contributed by atoms with Crippen molar-refractivity contribution in [3.05, 3.63) is 35.7 Å². The predicted molar refractivity (Wildman–Crippen MR) is 86.0 cm³/mol. The molecule has 1 aliphatic heterocycles. The molecule has 2 rings (SSSR count). The Labute approximate surface area is 127 Å². The average Bonchev–Trinajstić information content (AvgIpc) is 2.40. The Morgan fingerprint density at radius 1 is 1.38 bits per heavy atom. The van der Waals surface area contributed by atoms with Crippen LogP contribution in [0.4, 0.5) is 0 Å². The Kier molecular flexibility index (Phi) is 5.48. The van der Waals surface area contributed by atoms with Gasteiger partial charge >= 0.3 is 7.60 Å². The molecule has 0 radical (unpaired) electrons. The van der Waals surface area contributed by atoms with Crippen LogP contribution in [-0.2, 0) is 9.09 Å². The lowest BCUT2D eigenvalue weighted by Gasteiger charge is -2.37. The summed E-state index contributed by atoms with van der Waals surface area (Å²) in [6.07, 6.45) is 10.6. The van der Waals surface area contributed by atoms with Gasteiger partial charge in [-0.25, -0.2) is 0 Å². The van der Waals surface area contributed by atoms with Gasteiger partial charge in [0.2, 0.25) is 0 Å². The van der Waals surface area contributed by atoms with Crippen LogP contribution >= 0.6 is 7.60 Å². The first-order valence-corrected chi connectivity index (χ1v) is 9.70. The lowest BCUT2D eigenvalue weighted by Crippen LogP contribution is -2.31. The van der Waals surface area contributed by atoms with E-state index in [1.807, 2.05) is 0 Å². The molecule has 1 saturated carbocycles. The van der Waals surface area contributed by atoms with Crippen molar-refractivity contribution in [3.63, 3.8) is 0 Å². The van der Waals surface area contributed by atoms with Crippen molar-refractivity contribution in [2.45, 2.75) is 39.0 Å². The highest BCUT2D eigenvalue weighted by Crippen LogP contribution is 2.38. The quantitative estimate of drug-likeness (QED) is 0.778. The van der Waals surface area contributed by atoms with Gasteiger partial charge in [-0.2, -0.15) is 0 Å². The summed E-state index contributed by atoms with van der Waals surface area (Å²) in [7, 11) is -3.41. The largest absolute Gasteiger partial charge is 0.343 e. The van der Waals surface area contributed by atoms with Crippen LogP contribution < -0.4 is 0 Å². The molecule has 1 N–H and O–H groups in total. The van der Waals surface area contributed by atoms with E-state index in [0.29, 0.717) is 12.5 Å². The summed E-state index contributed by atoms with van der Waals surface area (Å²) in [5.74, 6) is 0.571. The van der Waals surface area contributed by atoms with Crippen molar-refractivity contribution in [1.82, 2.24) is 4.90 Å². The fourth-order valence-corrected chi connectivity index (χ4v) is 3.59. The molecule has 1 aliphatic carbocycles. The summed E-state index contributed by atoms with van der Waals surface area (Å²) in [5.41, 5.74) is 3.47. The van der Waals surface area contributed by atoms with Gasteiger partial charge in [-0.05, 0) is 43.4 Å². The first-order valence-electron chi connectivity index (χ1n) is 7.68. The number of allylic oxidation sites excluding steroid dienone is 4. The molecule has 0 saturated heterocycles. The molecule has 21 heavy (non-hydrogen) atoms. The molecule has 118 valence electrons. The van der Waals surface area contributed by atoms with Gasteiger partial charge in [-0.3, -0.25) is 4.57 Å². The summed E-state index contributed by atoms with van der Waals surface area (Å²) < 4.78 is 16.3. The van der Waals surface area contributed by atoms with E-state index in [4.69, 9.17) is 4.52 Å². The summed E-state index contributed by atoms with van der Waals surface area (Å²) in [6.45, 7) is 8.25. The highest BCUT2D eigenvalue weighted by Gasteiger charge is 2.25. The molecule has 0 aromatic rings. The number of hydrogen-bond acceptors (Lipinski definition) is 3. The first-order chi connectivity index (χ1) is 9.87. The maximum absolute atomic E-state index is 11.2. The van der Waals surface area contributed by atoms with E-state index in [-0.39, 0.29) is 6.61 Å². The molecule has 0 aromatic carbocycles. The minimum Gasteiger partial charge on any atom is -0.343 e. The van der Waals surface area contributed by atoms with Crippen molar-refractivity contribution < 1.29 is 14.0 Å². The van der Waals surface area contributed by atoms with E-state index < -0.39 is 7.60 Å². The van der Waals surface area contributed by atoms with Gasteiger partial charge in [-0.1, -0.05) is 25.8 Å². The van der Waals surface area contributed by atoms with Crippen LogP contribution in [0.5, 0.6) is 0 Å². The average molecular weight is 311 g/mol. The smallest absolute Gasteiger partial charge is 0.325 e. The van der Waals surface area contributed by atoms with Crippen LogP contribution in [0.15, 0.2) is 35.7 Å². The van der Waals surface area contributed by atoms with E-state index in [1.54, 1.807) is 0 Å². The zero-order valence-corrected chi connectivity index (χ0v) is 13.9. The van der Waals surface area contributed by atoms with Gasteiger partial charge in [0, 0.05) is 24.6 Å². The molecule has 0 aromatic heterocycles. The van der Waals surface area contributed by atoms with Gasteiger partial charge in [-0.15, -0.1) is 0 Å². The second-order valence-corrected chi connectivity index (χ2v) is 7.94. The minimum absolute atomic E-state index is 0.236. The molecule has 1 heterocycles. The van der Waals surface area contributed by atoms with Crippen LogP contribution in [0.3, 0.4) is 0 Å². The topological polar surface area (TPSA) is 49.8 Å². The van der Waals surface area contributed by atoms with Gasteiger partial charge < -0.3 is 14.3 Å². The van der Waals surface area contributed by atoms with Crippen molar-refractivity contribution in [1.29, 1.82) is 0 Å². The zero-order valence-electron chi connectivity index (χ0n) is 13.0. The van der Waals surface area contributed by atoms with Gasteiger partial charge in [0.25, 0.3) is 0 Å². The third-order valence-electron chi connectivity index (χ3n) is 4.10. The third-order valence-corrected chi connectivity index (χ3v) is 4.76. The highest BCUT2D eigenvalue weighted by molar-refractivity contribution is 7.51. The normalized spacial score (nSPS) is 23.6. The second kappa shape index (κ2) is 6.95. The van der Waals surface area contributed by atoms with Crippen molar-refractivity contribution >= 4 is 7.60 Å². The SMILES string of the molecule is C=C1C=C(C)C=C(C2CCCCC2)N1CCOP(C)(=O)O. The molecule has 0 amide bonds. The van der Waals surface area contributed by atoms with Crippen molar-refractivity contribution in [2.75, 3.05) is 19.8 Å². The Morgan fingerprint density at radius 2 is 2.05 bits per heavy atom. The molecule has 2 aliphatic rings. The van der Waals surface area contributed by atoms with E-state index >= 15 is 0 Å². The molecular formula is C16H26NO3P. The molecule has 1 unspecified atom stereocenters. The van der Waals surface area contributed by atoms with Crippen LogP contribution in [0.2, 0.25) is 0 Å². The lowest BCUT2D eigenvalue weighted by molar-refractivity contribution is 0.223. The minimum atomic E-state index is -3.41. The monoisotopic (exact) mass is 311 g/mol. The van der Waals surface area contributed by atoms with E-state index in [1.165, 1.54) is 50.0 Å². The van der Waals surface area contributed by atoms with Crippen LogP contribution in [0, 0.1) is 5.92 Å². The fraction of sp³-hybridized carbons (Fsp3) is 0.625. The first kappa shape index (κ1) is 16.5. The molecule has 1 atom stereocenters. The van der Waals surface area contributed by atoms with E-state index in [0.717, 1.165) is 5.70 Å².